The topological polar surface area (TPSA) is 77.8 Å². The summed E-state index contributed by atoms with van der Waals surface area (Å²) in [5.41, 5.74) is 0.112. The van der Waals surface area contributed by atoms with Crippen LogP contribution in [0.4, 0.5) is 0 Å². The van der Waals surface area contributed by atoms with Crippen LogP contribution in [0.1, 0.15) is 20.3 Å². The maximum absolute atomic E-state index is 12.0. The van der Waals surface area contributed by atoms with Gasteiger partial charge in [-0.25, -0.2) is 4.79 Å². The number of hydrogen-bond acceptors (Lipinski definition) is 4. The number of fused-ring (bicyclic) bond motifs is 1. The number of β-lactam (4-membered cyclic amide) rings is 1. The third kappa shape index (κ3) is 1.59. The van der Waals surface area contributed by atoms with Crippen LogP contribution < -0.4 is 0 Å². The minimum Gasteiger partial charge on any atom is -0.477 e. The zero-order chi connectivity index (χ0) is 13.6. The van der Waals surface area contributed by atoms with Crippen LogP contribution in [0.3, 0.4) is 0 Å². The molecule has 0 radical (unpaired) electrons. The van der Waals surface area contributed by atoms with Gasteiger partial charge in [-0.2, -0.15) is 0 Å². The molecule has 6 heteroatoms. The molecule has 0 aromatic carbocycles. The van der Waals surface area contributed by atoms with Crippen molar-refractivity contribution < 1.29 is 19.8 Å². The van der Waals surface area contributed by atoms with Crippen LogP contribution in [0.25, 0.3) is 0 Å². The predicted molar refractivity (Wildman–Crippen MR) is 67.8 cm³/mol. The van der Waals surface area contributed by atoms with Crippen molar-refractivity contribution >= 4 is 23.6 Å². The molecule has 0 aromatic heterocycles. The van der Waals surface area contributed by atoms with Gasteiger partial charge in [0.15, 0.2) is 0 Å². The van der Waals surface area contributed by atoms with Gasteiger partial charge >= 0.3 is 5.97 Å². The first-order valence-corrected chi connectivity index (χ1v) is 7.20. The van der Waals surface area contributed by atoms with Crippen LogP contribution in [0.5, 0.6) is 0 Å². The number of carbonyl (C=O) groups excluding carboxylic acids is 1. The number of aliphatic hydroxyl groups is 1. The van der Waals surface area contributed by atoms with Gasteiger partial charge in [0.25, 0.3) is 0 Å². The lowest BCUT2D eigenvalue weighted by Gasteiger charge is -2.46. The first-order valence-electron chi connectivity index (χ1n) is 5.98. The lowest BCUT2D eigenvalue weighted by molar-refractivity contribution is -0.163. The number of nitrogens with zero attached hydrogens (tertiary/aromatic N) is 1. The molecule has 4 atom stereocenters. The molecule has 0 saturated carbocycles. The standard InChI is InChI=1S/C12H17NO4S/c1-4-6-8-7(5(2)14)11(15)13(8)9(12(16)17)10(6)18-3/h5-8,14H,4H2,1-3H3,(H,16,17)/t5?,6?,7-,8-/m1/s1. The highest BCUT2D eigenvalue weighted by Gasteiger charge is 2.60. The summed E-state index contributed by atoms with van der Waals surface area (Å²) in [7, 11) is 0. The second-order valence-corrected chi connectivity index (χ2v) is 5.55. The summed E-state index contributed by atoms with van der Waals surface area (Å²) in [6.45, 7) is 3.57. The first kappa shape index (κ1) is 13.4. The number of rotatable bonds is 4. The van der Waals surface area contributed by atoms with Crippen molar-refractivity contribution in [3.05, 3.63) is 10.6 Å². The summed E-state index contributed by atoms with van der Waals surface area (Å²) in [6.07, 6.45) is 1.86. The van der Waals surface area contributed by atoms with Gasteiger partial charge < -0.3 is 15.1 Å². The monoisotopic (exact) mass is 271 g/mol. The van der Waals surface area contributed by atoms with Crippen molar-refractivity contribution in [1.82, 2.24) is 4.90 Å². The maximum atomic E-state index is 12.0. The van der Waals surface area contributed by atoms with E-state index in [1.807, 2.05) is 13.2 Å². The van der Waals surface area contributed by atoms with E-state index in [2.05, 4.69) is 0 Å². The van der Waals surface area contributed by atoms with E-state index < -0.39 is 18.0 Å². The van der Waals surface area contributed by atoms with E-state index in [0.717, 1.165) is 11.3 Å². The fraction of sp³-hybridized carbons (Fsp3) is 0.667. The van der Waals surface area contributed by atoms with Crippen LogP contribution >= 0.6 is 11.8 Å². The number of carboxylic acid groups (broad SMARTS) is 1. The van der Waals surface area contributed by atoms with E-state index >= 15 is 0 Å². The lowest BCUT2D eigenvalue weighted by Crippen LogP contribution is -2.63. The highest BCUT2D eigenvalue weighted by molar-refractivity contribution is 8.02. The molecule has 0 bridgehead atoms. The number of thioether (sulfide) groups is 1. The third-order valence-corrected chi connectivity index (χ3v) is 4.73. The highest BCUT2D eigenvalue weighted by Crippen LogP contribution is 2.51. The molecule has 2 N–H and O–H groups in total. The molecule has 2 unspecified atom stereocenters. The molecule has 1 amide bonds. The second kappa shape index (κ2) is 4.59. The molecule has 2 aliphatic rings. The largest absolute Gasteiger partial charge is 0.477 e. The number of amides is 1. The summed E-state index contributed by atoms with van der Waals surface area (Å²) < 4.78 is 0. The Labute approximate surface area is 110 Å². The van der Waals surface area contributed by atoms with Crippen molar-refractivity contribution in [1.29, 1.82) is 0 Å². The Bertz CT molecular complexity index is 432. The molecule has 0 aliphatic carbocycles. The van der Waals surface area contributed by atoms with Crippen molar-refractivity contribution in [2.45, 2.75) is 32.4 Å². The fourth-order valence-electron chi connectivity index (χ4n) is 3.05. The first-order chi connectivity index (χ1) is 8.45. The molecule has 1 fully saturated rings. The molecule has 18 heavy (non-hydrogen) atoms. The number of aliphatic hydroxyl groups excluding tert-OH is 1. The number of carbonyl (C=O) groups is 2. The lowest BCUT2D eigenvalue weighted by atomic mass is 9.77. The Balaban J connectivity index is 2.42. The summed E-state index contributed by atoms with van der Waals surface area (Å²) in [6, 6.07) is -0.184. The number of hydrogen-bond donors (Lipinski definition) is 2. The SMILES string of the molecule is CCC1C(SC)=C(C(=O)O)N2C(=O)[C@H](C(C)O)[C@@H]12. The molecule has 2 heterocycles. The minimum absolute atomic E-state index is 0.0309. The normalized spacial score (nSPS) is 32.3. The summed E-state index contributed by atoms with van der Waals surface area (Å²) in [5, 5.41) is 18.9. The van der Waals surface area contributed by atoms with E-state index in [1.54, 1.807) is 6.92 Å². The Kier molecular flexibility index (Phi) is 3.42. The van der Waals surface area contributed by atoms with Gasteiger partial charge in [-0.1, -0.05) is 6.92 Å². The second-order valence-electron chi connectivity index (χ2n) is 4.70. The average Bonchev–Trinajstić information content (AvgIpc) is 2.58. The van der Waals surface area contributed by atoms with E-state index in [-0.39, 0.29) is 23.6 Å². The van der Waals surface area contributed by atoms with Crippen LogP contribution in [0.15, 0.2) is 10.6 Å². The van der Waals surface area contributed by atoms with Crippen LogP contribution in [-0.4, -0.2) is 45.4 Å². The third-order valence-electron chi connectivity index (χ3n) is 3.79. The highest BCUT2D eigenvalue weighted by atomic mass is 32.2. The molecular formula is C12H17NO4S. The van der Waals surface area contributed by atoms with Crippen molar-refractivity contribution in [2.75, 3.05) is 6.26 Å². The minimum atomic E-state index is -1.06. The zero-order valence-electron chi connectivity index (χ0n) is 10.6. The van der Waals surface area contributed by atoms with Gasteiger partial charge in [0.1, 0.15) is 5.70 Å². The summed E-state index contributed by atoms with van der Waals surface area (Å²) >= 11 is 1.39. The summed E-state index contributed by atoms with van der Waals surface area (Å²) in [5.74, 6) is -1.76. The predicted octanol–water partition coefficient (Wildman–Crippen LogP) is 0.893. The molecule has 2 aliphatic heterocycles. The van der Waals surface area contributed by atoms with E-state index in [0.29, 0.717) is 0 Å². The Morgan fingerprint density at radius 3 is 2.56 bits per heavy atom. The Morgan fingerprint density at radius 2 is 2.17 bits per heavy atom. The quantitative estimate of drug-likeness (QED) is 0.743. The van der Waals surface area contributed by atoms with Crippen molar-refractivity contribution in [2.24, 2.45) is 11.8 Å². The zero-order valence-corrected chi connectivity index (χ0v) is 11.4. The number of carboxylic acids is 1. The molecule has 5 nitrogen and oxygen atoms in total. The van der Waals surface area contributed by atoms with Gasteiger partial charge in [0.2, 0.25) is 5.91 Å². The fourth-order valence-corrected chi connectivity index (χ4v) is 4.03. The van der Waals surface area contributed by atoms with Crippen LogP contribution in [0.2, 0.25) is 0 Å². The van der Waals surface area contributed by atoms with Crippen molar-refractivity contribution in [3.8, 4) is 0 Å². The number of aliphatic carboxylic acids is 1. The van der Waals surface area contributed by atoms with Crippen LogP contribution in [-0.2, 0) is 9.59 Å². The van der Waals surface area contributed by atoms with E-state index in [9.17, 15) is 19.8 Å². The van der Waals surface area contributed by atoms with Gasteiger partial charge in [0.05, 0.1) is 18.1 Å². The molecular weight excluding hydrogens is 254 g/mol. The molecule has 0 spiro atoms. The summed E-state index contributed by atoms with van der Waals surface area (Å²) in [4.78, 5) is 25.4. The average molecular weight is 271 g/mol. The molecule has 0 aromatic rings. The molecule has 1 saturated heterocycles. The Morgan fingerprint density at radius 1 is 1.56 bits per heavy atom. The smallest absolute Gasteiger partial charge is 0.353 e. The van der Waals surface area contributed by atoms with Gasteiger partial charge in [-0.3, -0.25) is 4.79 Å². The van der Waals surface area contributed by atoms with Crippen molar-refractivity contribution in [3.63, 3.8) is 0 Å². The van der Waals surface area contributed by atoms with Gasteiger partial charge in [-0.05, 0) is 19.6 Å². The Hall–Kier alpha value is -1.01. The van der Waals surface area contributed by atoms with E-state index in [4.69, 9.17) is 0 Å². The van der Waals surface area contributed by atoms with Gasteiger partial charge in [-0.15, -0.1) is 11.8 Å². The van der Waals surface area contributed by atoms with E-state index in [1.165, 1.54) is 16.7 Å². The van der Waals surface area contributed by atoms with Gasteiger partial charge in [0, 0.05) is 10.8 Å². The maximum Gasteiger partial charge on any atom is 0.353 e. The molecule has 100 valence electrons. The van der Waals surface area contributed by atoms with Crippen LogP contribution in [0, 0.1) is 11.8 Å². The molecule has 2 rings (SSSR count).